The highest BCUT2D eigenvalue weighted by Gasteiger charge is 2.18. The highest BCUT2D eigenvalue weighted by molar-refractivity contribution is 6.03. The normalized spacial score (nSPS) is 14.0. The Morgan fingerprint density at radius 3 is 2.20 bits per heavy atom. The standard InChI is InChI=1S/C11H10O.C3H8/c1-8-6-7-11(12)10-5-3-2-4-9(8)10;1-3-2/h2-5H,1,6-7H2;3H2,1-2H3. The fourth-order valence-electron chi connectivity index (χ4n) is 1.57. The van der Waals surface area contributed by atoms with Crippen molar-refractivity contribution in [2.75, 3.05) is 0 Å². The molecule has 0 unspecified atom stereocenters. The summed E-state index contributed by atoms with van der Waals surface area (Å²) in [6.45, 7) is 8.19. The molecule has 0 saturated carbocycles. The van der Waals surface area contributed by atoms with Gasteiger partial charge in [-0.05, 0) is 17.6 Å². The average molecular weight is 202 g/mol. The Morgan fingerprint density at radius 1 is 1.13 bits per heavy atom. The first-order chi connectivity index (χ1) is 7.20. The van der Waals surface area contributed by atoms with E-state index in [2.05, 4.69) is 20.4 Å². The number of hydrogen-bond acceptors (Lipinski definition) is 1. The maximum absolute atomic E-state index is 11.4. The summed E-state index contributed by atoms with van der Waals surface area (Å²) in [7, 11) is 0. The van der Waals surface area contributed by atoms with Crippen LogP contribution >= 0.6 is 0 Å². The Labute approximate surface area is 91.8 Å². The second-order valence-corrected chi connectivity index (χ2v) is 3.78. The van der Waals surface area contributed by atoms with Gasteiger partial charge in [0.15, 0.2) is 5.78 Å². The average Bonchev–Trinajstić information content (AvgIpc) is 2.25. The van der Waals surface area contributed by atoms with Crippen molar-refractivity contribution >= 4 is 11.4 Å². The van der Waals surface area contributed by atoms with E-state index >= 15 is 0 Å². The van der Waals surface area contributed by atoms with E-state index < -0.39 is 0 Å². The summed E-state index contributed by atoms with van der Waals surface area (Å²) in [5, 5.41) is 0. The quantitative estimate of drug-likeness (QED) is 0.619. The van der Waals surface area contributed by atoms with Crippen molar-refractivity contribution in [2.24, 2.45) is 0 Å². The van der Waals surface area contributed by atoms with Crippen molar-refractivity contribution < 1.29 is 4.79 Å². The molecule has 0 spiro atoms. The van der Waals surface area contributed by atoms with Crippen LogP contribution in [0.1, 0.15) is 49.0 Å². The number of hydrogen-bond donors (Lipinski definition) is 0. The smallest absolute Gasteiger partial charge is 0.163 e. The minimum absolute atomic E-state index is 0.248. The summed E-state index contributed by atoms with van der Waals surface area (Å²) in [6.07, 6.45) is 2.69. The van der Waals surface area contributed by atoms with E-state index in [0.717, 1.165) is 23.1 Å². The van der Waals surface area contributed by atoms with Gasteiger partial charge in [0.05, 0.1) is 0 Å². The van der Waals surface area contributed by atoms with E-state index in [4.69, 9.17) is 0 Å². The van der Waals surface area contributed by atoms with Crippen LogP contribution in [0.3, 0.4) is 0 Å². The van der Waals surface area contributed by atoms with Gasteiger partial charge in [-0.15, -0.1) is 0 Å². The molecule has 0 fully saturated rings. The Hall–Kier alpha value is -1.37. The lowest BCUT2D eigenvalue weighted by molar-refractivity contribution is 0.0981. The number of fused-ring (bicyclic) bond motifs is 1. The number of Topliss-reactive ketones (excluding diaryl/α,β-unsaturated/α-hetero) is 1. The second kappa shape index (κ2) is 5.50. The second-order valence-electron chi connectivity index (χ2n) is 3.78. The van der Waals surface area contributed by atoms with Crippen molar-refractivity contribution in [3.63, 3.8) is 0 Å². The molecule has 1 nitrogen and oxygen atoms in total. The zero-order valence-corrected chi connectivity index (χ0v) is 9.55. The first-order valence-electron chi connectivity index (χ1n) is 5.51. The van der Waals surface area contributed by atoms with Crippen LogP contribution < -0.4 is 0 Å². The van der Waals surface area contributed by atoms with Gasteiger partial charge in [0, 0.05) is 12.0 Å². The van der Waals surface area contributed by atoms with Gasteiger partial charge in [-0.3, -0.25) is 4.79 Å². The molecule has 0 aromatic heterocycles. The highest BCUT2D eigenvalue weighted by atomic mass is 16.1. The van der Waals surface area contributed by atoms with E-state index in [1.165, 1.54) is 6.42 Å². The topological polar surface area (TPSA) is 17.1 Å². The molecule has 1 heteroatoms. The molecule has 0 heterocycles. The van der Waals surface area contributed by atoms with Crippen molar-refractivity contribution in [1.29, 1.82) is 0 Å². The molecule has 0 saturated heterocycles. The molecule has 1 aliphatic rings. The fourth-order valence-corrected chi connectivity index (χ4v) is 1.57. The fraction of sp³-hybridized carbons (Fsp3) is 0.357. The molecule has 1 aliphatic carbocycles. The molecule has 1 aromatic carbocycles. The molecular formula is C14H18O. The van der Waals surface area contributed by atoms with Crippen LogP contribution in [0.4, 0.5) is 0 Å². The largest absolute Gasteiger partial charge is 0.294 e. The molecule has 1 aromatic rings. The lowest BCUT2D eigenvalue weighted by Gasteiger charge is -2.15. The first kappa shape index (κ1) is 11.7. The van der Waals surface area contributed by atoms with Crippen molar-refractivity contribution in [3.8, 4) is 0 Å². The molecule has 0 bridgehead atoms. The van der Waals surface area contributed by atoms with Gasteiger partial charge in [0.2, 0.25) is 0 Å². The number of ketones is 1. The zero-order valence-electron chi connectivity index (χ0n) is 9.55. The third kappa shape index (κ3) is 2.79. The molecule has 80 valence electrons. The minimum Gasteiger partial charge on any atom is -0.294 e. The lowest BCUT2D eigenvalue weighted by atomic mass is 9.87. The van der Waals surface area contributed by atoms with Gasteiger partial charge in [-0.2, -0.15) is 0 Å². The third-order valence-corrected chi connectivity index (χ3v) is 2.26. The number of carbonyl (C=O) groups excluding carboxylic acids is 1. The molecule has 2 rings (SSSR count). The van der Waals surface area contributed by atoms with Crippen LogP contribution in [-0.2, 0) is 0 Å². The van der Waals surface area contributed by atoms with Crippen LogP contribution in [0.5, 0.6) is 0 Å². The molecule has 0 aliphatic heterocycles. The first-order valence-corrected chi connectivity index (χ1v) is 5.51. The molecule has 0 amide bonds. The van der Waals surface area contributed by atoms with E-state index in [0.29, 0.717) is 6.42 Å². The van der Waals surface area contributed by atoms with Gasteiger partial charge in [-0.25, -0.2) is 0 Å². The van der Waals surface area contributed by atoms with Crippen molar-refractivity contribution in [3.05, 3.63) is 42.0 Å². The maximum atomic E-state index is 11.4. The summed E-state index contributed by atoms with van der Waals surface area (Å²) in [4.78, 5) is 11.4. The van der Waals surface area contributed by atoms with Crippen LogP contribution in [0.15, 0.2) is 30.8 Å². The summed E-state index contributed by atoms with van der Waals surface area (Å²) in [5.74, 6) is 0.248. The maximum Gasteiger partial charge on any atom is 0.163 e. The Kier molecular flexibility index (Phi) is 4.29. The molecule has 15 heavy (non-hydrogen) atoms. The molecule has 0 atom stereocenters. The zero-order chi connectivity index (χ0) is 11.3. The van der Waals surface area contributed by atoms with Gasteiger partial charge < -0.3 is 0 Å². The number of carbonyl (C=O) groups is 1. The van der Waals surface area contributed by atoms with Crippen molar-refractivity contribution in [2.45, 2.75) is 33.1 Å². The van der Waals surface area contributed by atoms with Crippen LogP contribution in [0.25, 0.3) is 5.57 Å². The third-order valence-electron chi connectivity index (χ3n) is 2.26. The predicted molar refractivity (Wildman–Crippen MR) is 65.0 cm³/mol. The van der Waals surface area contributed by atoms with Crippen LogP contribution in [0.2, 0.25) is 0 Å². The van der Waals surface area contributed by atoms with Gasteiger partial charge in [0.25, 0.3) is 0 Å². The highest BCUT2D eigenvalue weighted by Crippen LogP contribution is 2.28. The lowest BCUT2D eigenvalue weighted by Crippen LogP contribution is -2.08. The minimum atomic E-state index is 0.248. The monoisotopic (exact) mass is 202 g/mol. The summed E-state index contributed by atoms with van der Waals surface area (Å²) in [6, 6.07) is 7.69. The number of allylic oxidation sites excluding steroid dienone is 1. The predicted octanol–water partition coefficient (Wildman–Crippen LogP) is 4.09. The van der Waals surface area contributed by atoms with Crippen LogP contribution in [0, 0.1) is 0 Å². The summed E-state index contributed by atoms with van der Waals surface area (Å²) in [5.41, 5.74) is 2.97. The summed E-state index contributed by atoms with van der Waals surface area (Å²) < 4.78 is 0. The Balaban J connectivity index is 0.000000337. The van der Waals surface area contributed by atoms with Gasteiger partial charge in [0.1, 0.15) is 0 Å². The van der Waals surface area contributed by atoms with E-state index in [9.17, 15) is 4.79 Å². The summed E-state index contributed by atoms with van der Waals surface area (Å²) >= 11 is 0. The number of benzene rings is 1. The van der Waals surface area contributed by atoms with E-state index in [1.54, 1.807) is 0 Å². The molecular weight excluding hydrogens is 184 g/mol. The van der Waals surface area contributed by atoms with Crippen LogP contribution in [-0.4, -0.2) is 5.78 Å². The molecule has 0 radical (unpaired) electrons. The SMILES string of the molecule is C=C1CCC(=O)c2ccccc21.CCC. The Bertz CT molecular complexity index is 328. The van der Waals surface area contributed by atoms with E-state index in [-0.39, 0.29) is 5.78 Å². The molecule has 0 N–H and O–H groups in total. The van der Waals surface area contributed by atoms with Gasteiger partial charge in [-0.1, -0.05) is 51.1 Å². The van der Waals surface area contributed by atoms with Gasteiger partial charge >= 0.3 is 0 Å². The van der Waals surface area contributed by atoms with E-state index in [1.807, 2.05) is 24.3 Å². The van der Waals surface area contributed by atoms with Crippen molar-refractivity contribution in [1.82, 2.24) is 0 Å². The Morgan fingerprint density at radius 2 is 1.67 bits per heavy atom. The number of rotatable bonds is 0.